The highest BCUT2D eigenvalue weighted by molar-refractivity contribution is 5.78. The third-order valence-corrected chi connectivity index (χ3v) is 13.4. The molecule has 0 spiro atoms. The van der Waals surface area contributed by atoms with Gasteiger partial charge in [0.2, 0.25) is 0 Å². The Labute approximate surface area is 438 Å². The van der Waals surface area contributed by atoms with E-state index in [1.54, 1.807) is 4.90 Å². The van der Waals surface area contributed by atoms with Crippen LogP contribution in [-0.2, 0) is 57.2 Å². The number of piperidine rings is 1. The maximum Gasteiger partial charge on any atom is 0.330 e. The Morgan fingerprint density at radius 3 is 1.05 bits per heavy atom. The highest BCUT2D eigenvalue weighted by Gasteiger charge is 2.37. The van der Waals surface area contributed by atoms with Crippen LogP contribution in [0.3, 0.4) is 0 Å². The first-order chi connectivity index (χ1) is 35.5. The van der Waals surface area contributed by atoms with E-state index >= 15 is 0 Å². The van der Waals surface area contributed by atoms with Crippen molar-refractivity contribution in [2.45, 2.75) is 252 Å². The number of hydrogen-bond acceptors (Lipinski definition) is 14. The summed E-state index contributed by atoms with van der Waals surface area (Å²) in [6.45, 7) is 7.88. The number of ether oxygens (including phenoxy) is 6. The Bertz CT molecular complexity index is 1480. The molecular weight excluding hydrogens is 935 g/mol. The smallest absolute Gasteiger partial charge is 0.330 e. The van der Waals surface area contributed by atoms with Crippen LogP contribution in [0.25, 0.3) is 0 Å². The lowest BCUT2D eigenvalue weighted by molar-refractivity contribution is -0.156. The number of hydrogen-bond donors (Lipinski definition) is 0. The molecule has 1 saturated heterocycles. The number of carbonyl (C=O) groups excluding carboxylic acids is 7. The van der Waals surface area contributed by atoms with E-state index in [0.29, 0.717) is 44.9 Å². The summed E-state index contributed by atoms with van der Waals surface area (Å²) in [5.41, 5.74) is 0. The van der Waals surface area contributed by atoms with Gasteiger partial charge in [-0.2, -0.15) is 0 Å². The van der Waals surface area contributed by atoms with Crippen molar-refractivity contribution >= 4 is 41.8 Å². The maximum atomic E-state index is 14.1. The molecule has 0 aromatic carbocycles. The van der Waals surface area contributed by atoms with E-state index in [4.69, 9.17) is 28.4 Å². The standard InChI is InChI=1S/C57H97N3O13/c1-5-9-13-17-21-25-32-51(61)68-40-47(41-69-52(62)33-26-22-18-14-10-6-2)38-55(65)72-44-49-30-29-31-50(60(49)57(67)59-37-36-58-46-59)45-73-56(66)39-48(42-70-53(63)34-27-23-19-15-11-7-3)43-71-54(64)35-28-24-20-16-12-8-4/h36-37,46-50H,5-35,38-45H2,1-4H3/t49-,50+. The number of rotatable bonds is 44. The Balaban J connectivity index is 2.09. The van der Waals surface area contributed by atoms with Gasteiger partial charge in [0.1, 0.15) is 19.5 Å². The topological polar surface area (TPSA) is 196 Å². The molecule has 2 heterocycles. The largest absolute Gasteiger partial charge is 0.465 e. The minimum atomic E-state index is -0.631. The molecule has 0 bridgehead atoms. The average molecular weight is 1030 g/mol. The van der Waals surface area contributed by atoms with E-state index in [9.17, 15) is 33.6 Å². The van der Waals surface area contributed by atoms with Gasteiger partial charge in [-0.25, -0.2) is 9.78 Å². The molecule has 1 aromatic heterocycles. The highest BCUT2D eigenvalue weighted by atomic mass is 16.6. The molecule has 1 aliphatic rings. The minimum Gasteiger partial charge on any atom is -0.465 e. The second-order valence-electron chi connectivity index (χ2n) is 20.2. The molecule has 16 heteroatoms. The van der Waals surface area contributed by atoms with Gasteiger partial charge in [0.25, 0.3) is 0 Å². The second-order valence-corrected chi connectivity index (χ2v) is 20.2. The SMILES string of the molecule is CCCCCCCCC(=O)OCC(COC(=O)CCCCCCCC)CC(=O)OC[C@H]1CCC[C@@H](COC(=O)CC(COC(=O)CCCCCCCC)COC(=O)CCCCCCCC)N1C(=O)n1ccnc1. The van der Waals surface area contributed by atoms with Crippen LogP contribution < -0.4 is 0 Å². The third-order valence-electron chi connectivity index (χ3n) is 13.4. The summed E-state index contributed by atoms with van der Waals surface area (Å²) in [7, 11) is 0. The van der Waals surface area contributed by atoms with Crippen molar-refractivity contribution < 1.29 is 62.0 Å². The van der Waals surface area contributed by atoms with Crippen molar-refractivity contribution in [3.8, 4) is 0 Å². The summed E-state index contributed by atoms with van der Waals surface area (Å²) < 4.78 is 35.3. The number of amides is 1. The molecule has 73 heavy (non-hydrogen) atoms. The summed E-state index contributed by atoms with van der Waals surface area (Å²) in [6.07, 6.45) is 31.3. The van der Waals surface area contributed by atoms with Crippen LogP contribution in [0.2, 0.25) is 0 Å². The zero-order valence-electron chi connectivity index (χ0n) is 45.8. The quantitative estimate of drug-likeness (QED) is 0.0340. The highest BCUT2D eigenvalue weighted by Crippen LogP contribution is 2.26. The van der Waals surface area contributed by atoms with Crippen LogP contribution in [0.1, 0.15) is 240 Å². The fourth-order valence-corrected chi connectivity index (χ4v) is 8.94. The van der Waals surface area contributed by atoms with Gasteiger partial charge >= 0.3 is 41.8 Å². The number of nitrogens with zero attached hydrogens (tertiary/aromatic N) is 3. The number of imidazole rings is 1. The Hall–Kier alpha value is -4.50. The van der Waals surface area contributed by atoms with Crippen molar-refractivity contribution in [2.24, 2.45) is 11.8 Å². The molecule has 1 aromatic rings. The van der Waals surface area contributed by atoms with Crippen molar-refractivity contribution in [2.75, 3.05) is 39.6 Å². The van der Waals surface area contributed by atoms with Crippen LogP contribution >= 0.6 is 0 Å². The monoisotopic (exact) mass is 1030 g/mol. The van der Waals surface area contributed by atoms with Gasteiger partial charge in [0, 0.05) is 49.9 Å². The molecule has 16 nitrogen and oxygen atoms in total. The normalized spacial score (nSPS) is 14.5. The zero-order chi connectivity index (χ0) is 53.2. The predicted octanol–water partition coefficient (Wildman–Crippen LogP) is 12.3. The number of unbranched alkanes of at least 4 members (excludes halogenated alkanes) is 20. The second kappa shape index (κ2) is 42.8. The molecule has 0 N–H and O–H groups in total. The lowest BCUT2D eigenvalue weighted by Crippen LogP contribution is -2.55. The van der Waals surface area contributed by atoms with Crippen molar-refractivity contribution in [1.82, 2.24) is 14.5 Å². The predicted molar refractivity (Wildman–Crippen MR) is 280 cm³/mol. The fourth-order valence-electron chi connectivity index (χ4n) is 8.94. The van der Waals surface area contributed by atoms with E-state index in [-0.39, 0.29) is 102 Å². The molecule has 418 valence electrons. The van der Waals surface area contributed by atoms with Crippen molar-refractivity contribution in [3.63, 3.8) is 0 Å². The van der Waals surface area contributed by atoms with E-state index in [1.807, 2.05) is 0 Å². The molecule has 0 radical (unpaired) electrons. The summed E-state index contributed by atoms with van der Waals surface area (Å²) in [6, 6.07) is -1.59. The molecule has 1 aliphatic heterocycles. The first kappa shape index (κ1) is 64.6. The molecule has 2 rings (SSSR count). The van der Waals surface area contributed by atoms with Crippen LogP contribution in [0.4, 0.5) is 4.79 Å². The molecule has 0 saturated carbocycles. The van der Waals surface area contributed by atoms with E-state index in [0.717, 1.165) is 103 Å². The number of likely N-dealkylation sites (tertiary alicyclic amines) is 1. The van der Waals surface area contributed by atoms with Gasteiger partial charge < -0.3 is 33.3 Å². The van der Waals surface area contributed by atoms with E-state index < -0.39 is 41.9 Å². The van der Waals surface area contributed by atoms with Crippen LogP contribution in [0.15, 0.2) is 18.7 Å². The van der Waals surface area contributed by atoms with E-state index in [1.165, 1.54) is 49.0 Å². The van der Waals surface area contributed by atoms with Gasteiger partial charge in [0.05, 0.1) is 51.4 Å². The molecule has 2 atom stereocenters. The van der Waals surface area contributed by atoms with Gasteiger partial charge in [-0.05, 0) is 44.9 Å². The first-order valence-electron chi connectivity index (χ1n) is 28.7. The van der Waals surface area contributed by atoms with Crippen LogP contribution in [-0.4, -0.2) is 108 Å². The fraction of sp³-hybridized carbons (Fsp3) is 0.825. The molecule has 1 fully saturated rings. The number of esters is 6. The summed E-state index contributed by atoms with van der Waals surface area (Å²) in [4.78, 5) is 97.5. The van der Waals surface area contributed by atoms with Crippen LogP contribution in [0.5, 0.6) is 0 Å². The summed E-state index contributed by atoms with van der Waals surface area (Å²) >= 11 is 0. The van der Waals surface area contributed by atoms with Crippen LogP contribution in [0, 0.1) is 11.8 Å². The summed E-state index contributed by atoms with van der Waals surface area (Å²) in [5.74, 6) is -3.92. The molecule has 0 aliphatic carbocycles. The van der Waals surface area contributed by atoms with E-state index in [2.05, 4.69) is 32.7 Å². The van der Waals surface area contributed by atoms with Gasteiger partial charge in [-0.3, -0.25) is 33.3 Å². The Morgan fingerprint density at radius 1 is 0.438 bits per heavy atom. The zero-order valence-corrected chi connectivity index (χ0v) is 45.8. The molecule has 0 unspecified atom stereocenters. The lowest BCUT2D eigenvalue weighted by atomic mass is 9.96. The maximum absolute atomic E-state index is 14.1. The van der Waals surface area contributed by atoms with Crippen molar-refractivity contribution in [1.29, 1.82) is 0 Å². The lowest BCUT2D eigenvalue weighted by Gasteiger charge is -2.41. The number of aromatic nitrogens is 2. The minimum absolute atomic E-state index is 0.111. The summed E-state index contributed by atoms with van der Waals surface area (Å²) in [5, 5.41) is 0. The van der Waals surface area contributed by atoms with Crippen molar-refractivity contribution in [3.05, 3.63) is 18.7 Å². The third kappa shape index (κ3) is 32.4. The van der Waals surface area contributed by atoms with Gasteiger partial charge in [-0.15, -0.1) is 0 Å². The Kier molecular flexibility index (Phi) is 37.9. The van der Waals surface area contributed by atoms with Gasteiger partial charge in [0.15, 0.2) is 0 Å². The molecule has 1 amide bonds. The Morgan fingerprint density at radius 2 is 0.753 bits per heavy atom. The number of carbonyl (C=O) groups is 7. The first-order valence-corrected chi connectivity index (χ1v) is 28.7. The molecular formula is C57H97N3O13. The average Bonchev–Trinajstić information content (AvgIpc) is 3.94. The van der Waals surface area contributed by atoms with Gasteiger partial charge in [-0.1, -0.05) is 156 Å².